The van der Waals surface area contributed by atoms with Crippen molar-refractivity contribution < 1.29 is 13.2 Å². The smallest absolute Gasteiger partial charge is 0.235 e. The number of hydrogen-bond donors (Lipinski definition) is 2. The van der Waals surface area contributed by atoms with Gasteiger partial charge in [0.1, 0.15) is 11.6 Å². The molecule has 8 heteroatoms. The first-order valence-corrected chi connectivity index (χ1v) is 12.0. The number of amides is 1. The molecule has 0 bridgehead atoms. The molecule has 0 aliphatic heterocycles. The van der Waals surface area contributed by atoms with Crippen LogP contribution in [0.5, 0.6) is 0 Å². The van der Waals surface area contributed by atoms with Crippen molar-refractivity contribution in [2.45, 2.75) is 32.1 Å². The second kappa shape index (κ2) is 9.09. The molecule has 0 fully saturated rings. The maximum Gasteiger partial charge on any atom is 0.235 e. The molecule has 2 N–H and O–H groups in total. The molecule has 1 unspecified atom stereocenters. The van der Waals surface area contributed by atoms with E-state index in [1.165, 1.54) is 0 Å². The average Bonchev–Trinajstić information content (AvgIpc) is 3.06. The van der Waals surface area contributed by atoms with Gasteiger partial charge in [-0.05, 0) is 42.2 Å². The summed E-state index contributed by atoms with van der Waals surface area (Å²) in [7, 11) is -3.59. The first kappa shape index (κ1) is 21.5. The zero-order valence-electron chi connectivity index (χ0n) is 16.4. The number of fused-ring (bicyclic) bond motifs is 1. The van der Waals surface area contributed by atoms with Gasteiger partial charge in [-0.3, -0.25) is 4.79 Å². The topological polar surface area (TPSA) is 91.9 Å². The number of H-pyrrole nitrogens is 1. The Morgan fingerprint density at radius 2 is 1.83 bits per heavy atom. The number of carbonyl (C=O) groups is 1. The zero-order valence-corrected chi connectivity index (χ0v) is 18.8. The van der Waals surface area contributed by atoms with E-state index in [0.717, 1.165) is 15.5 Å². The van der Waals surface area contributed by atoms with Crippen LogP contribution in [-0.2, 0) is 20.4 Å². The summed E-state index contributed by atoms with van der Waals surface area (Å²) in [5.41, 5.74) is 2.35. The maximum absolute atomic E-state index is 12.5. The predicted molar refractivity (Wildman–Crippen MR) is 118 cm³/mol. The SMILES string of the molecule is CC(C)CC(NC(=O)CS(=O)(=O)Cc1ccc(Br)cc1)c1nc2ccccc2[nH]1. The Balaban J connectivity index is 1.71. The Kier molecular flexibility index (Phi) is 6.74. The Hall–Kier alpha value is -2.19. The lowest BCUT2D eigenvalue weighted by Crippen LogP contribution is -2.35. The minimum atomic E-state index is -3.59. The van der Waals surface area contributed by atoms with E-state index in [0.29, 0.717) is 23.7 Å². The van der Waals surface area contributed by atoms with Gasteiger partial charge in [0.15, 0.2) is 9.84 Å². The third-order valence-corrected chi connectivity index (χ3v) is 6.43. The highest BCUT2D eigenvalue weighted by Gasteiger charge is 2.23. The minimum absolute atomic E-state index is 0.173. The number of sulfone groups is 1. The fraction of sp³-hybridized carbons (Fsp3) is 0.333. The number of carbonyl (C=O) groups excluding carboxylic acids is 1. The number of nitrogens with one attached hydrogen (secondary N) is 2. The van der Waals surface area contributed by atoms with Crippen molar-refractivity contribution in [3.8, 4) is 0 Å². The van der Waals surface area contributed by atoms with Crippen LogP contribution in [0.3, 0.4) is 0 Å². The van der Waals surface area contributed by atoms with Gasteiger partial charge in [0, 0.05) is 4.47 Å². The van der Waals surface area contributed by atoms with Gasteiger partial charge in [0.25, 0.3) is 0 Å². The molecule has 0 radical (unpaired) electrons. The van der Waals surface area contributed by atoms with E-state index in [-0.39, 0.29) is 11.8 Å². The van der Waals surface area contributed by atoms with Crippen molar-refractivity contribution in [2.24, 2.45) is 5.92 Å². The molecule has 1 atom stereocenters. The monoisotopic (exact) mass is 477 g/mol. The highest BCUT2D eigenvalue weighted by molar-refractivity contribution is 9.10. The van der Waals surface area contributed by atoms with Crippen LogP contribution < -0.4 is 5.32 Å². The number of nitrogens with zero attached hydrogens (tertiary/aromatic N) is 1. The van der Waals surface area contributed by atoms with Crippen molar-refractivity contribution in [3.63, 3.8) is 0 Å². The van der Waals surface area contributed by atoms with Gasteiger partial charge in [-0.2, -0.15) is 0 Å². The van der Waals surface area contributed by atoms with Gasteiger partial charge in [0.2, 0.25) is 5.91 Å². The summed E-state index contributed by atoms with van der Waals surface area (Å²) < 4.78 is 25.8. The van der Waals surface area contributed by atoms with Gasteiger partial charge >= 0.3 is 0 Å². The fourth-order valence-corrected chi connectivity index (χ4v) is 4.72. The highest BCUT2D eigenvalue weighted by atomic mass is 79.9. The number of benzene rings is 2. The van der Waals surface area contributed by atoms with Gasteiger partial charge in [-0.15, -0.1) is 0 Å². The molecule has 29 heavy (non-hydrogen) atoms. The van der Waals surface area contributed by atoms with Crippen LogP contribution in [0.2, 0.25) is 0 Å². The Morgan fingerprint density at radius 3 is 2.48 bits per heavy atom. The number of aromatic nitrogens is 2. The van der Waals surface area contributed by atoms with E-state index in [4.69, 9.17) is 0 Å². The largest absolute Gasteiger partial charge is 0.345 e. The summed E-state index contributed by atoms with van der Waals surface area (Å²) in [5.74, 6) is -0.315. The number of rotatable bonds is 8. The number of aromatic amines is 1. The molecular weight excluding hydrogens is 454 g/mol. The van der Waals surface area contributed by atoms with Crippen molar-refractivity contribution in [3.05, 3.63) is 64.4 Å². The molecule has 2 aromatic carbocycles. The lowest BCUT2D eigenvalue weighted by molar-refractivity contribution is -0.119. The summed E-state index contributed by atoms with van der Waals surface area (Å²) in [6, 6.07) is 14.3. The van der Waals surface area contributed by atoms with E-state index < -0.39 is 21.5 Å². The third-order valence-electron chi connectivity index (χ3n) is 4.43. The molecule has 6 nitrogen and oxygen atoms in total. The number of hydrogen-bond acceptors (Lipinski definition) is 4. The van der Waals surface area contributed by atoms with Crippen LogP contribution >= 0.6 is 15.9 Å². The quantitative estimate of drug-likeness (QED) is 0.509. The molecule has 154 valence electrons. The first-order chi connectivity index (χ1) is 13.7. The zero-order chi connectivity index (χ0) is 21.0. The Morgan fingerprint density at radius 1 is 1.14 bits per heavy atom. The van der Waals surface area contributed by atoms with Gasteiger partial charge in [-0.1, -0.05) is 54.0 Å². The van der Waals surface area contributed by atoms with Crippen LogP contribution in [-0.4, -0.2) is 30.0 Å². The third kappa shape index (κ3) is 6.14. The van der Waals surface area contributed by atoms with Crippen LogP contribution in [0.15, 0.2) is 53.0 Å². The first-order valence-electron chi connectivity index (χ1n) is 9.41. The summed E-state index contributed by atoms with van der Waals surface area (Å²) in [6.45, 7) is 4.10. The van der Waals surface area contributed by atoms with Crippen molar-refractivity contribution in [1.29, 1.82) is 0 Å². The summed E-state index contributed by atoms with van der Waals surface area (Å²) in [5, 5.41) is 2.86. The lowest BCUT2D eigenvalue weighted by atomic mass is 10.0. The summed E-state index contributed by atoms with van der Waals surface area (Å²) >= 11 is 3.32. The minimum Gasteiger partial charge on any atom is -0.345 e. The molecule has 0 saturated carbocycles. The molecule has 0 saturated heterocycles. The van der Waals surface area contributed by atoms with Crippen LogP contribution in [0.1, 0.15) is 37.7 Å². The normalized spacial score (nSPS) is 13.0. The number of para-hydroxylation sites is 2. The second-order valence-corrected chi connectivity index (χ2v) is 10.5. The molecule has 0 aliphatic carbocycles. The predicted octanol–water partition coefficient (Wildman–Crippen LogP) is 4.14. The Bertz CT molecular complexity index is 1060. The van der Waals surface area contributed by atoms with Gasteiger partial charge < -0.3 is 10.3 Å². The molecule has 0 aliphatic rings. The molecule has 1 aromatic heterocycles. The lowest BCUT2D eigenvalue weighted by Gasteiger charge is -2.18. The molecule has 3 rings (SSSR count). The molecular formula is C21H24BrN3O3S. The molecule has 1 amide bonds. The summed E-state index contributed by atoms with van der Waals surface area (Å²) in [6.07, 6.45) is 0.651. The van der Waals surface area contributed by atoms with Crippen LogP contribution in [0, 0.1) is 5.92 Å². The number of halogens is 1. The van der Waals surface area contributed by atoms with Gasteiger partial charge in [0.05, 0.1) is 22.8 Å². The van der Waals surface area contributed by atoms with Crippen molar-refractivity contribution in [1.82, 2.24) is 15.3 Å². The van der Waals surface area contributed by atoms with Crippen molar-refractivity contribution in [2.75, 3.05) is 5.75 Å². The van der Waals surface area contributed by atoms with Crippen molar-refractivity contribution >= 4 is 42.7 Å². The average molecular weight is 478 g/mol. The second-order valence-electron chi connectivity index (χ2n) is 7.55. The standard InChI is InChI=1S/C21H24BrN3O3S/c1-14(2)11-19(21-24-17-5-3-4-6-18(17)25-21)23-20(26)13-29(27,28)12-15-7-9-16(22)10-8-15/h3-10,14,19H,11-13H2,1-2H3,(H,23,26)(H,24,25). The van der Waals surface area contributed by atoms with E-state index in [2.05, 4.69) is 31.2 Å². The maximum atomic E-state index is 12.5. The molecule has 0 spiro atoms. The number of imidazole rings is 1. The fourth-order valence-electron chi connectivity index (χ4n) is 3.17. The van der Waals surface area contributed by atoms with E-state index in [9.17, 15) is 13.2 Å². The van der Waals surface area contributed by atoms with Gasteiger partial charge in [-0.25, -0.2) is 13.4 Å². The summed E-state index contributed by atoms with van der Waals surface area (Å²) in [4.78, 5) is 20.3. The van der Waals surface area contributed by atoms with Crippen LogP contribution in [0.25, 0.3) is 11.0 Å². The Labute approximate surface area is 179 Å². The molecule has 1 heterocycles. The van der Waals surface area contributed by atoms with E-state index in [1.807, 2.05) is 38.1 Å². The van der Waals surface area contributed by atoms with E-state index in [1.54, 1.807) is 24.3 Å². The molecule has 3 aromatic rings. The highest BCUT2D eigenvalue weighted by Crippen LogP contribution is 2.22. The van der Waals surface area contributed by atoms with E-state index >= 15 is 0 Å². The van der Waals surface area contributed by atoms with Crippen LogP contribution in [0.4, 0.5) is 0 Å².